The largest absolute Gasteiger partial charge is 0.338 e. The van der Waals surface area contributed by atoms with Crippen LogP contribution in [0.4, 0.5) is 14.5 Å². The fraction of sp³-hybridized carbons (Fsp3) is 0.0588. The summed E-state index contributed by atoms with van der Waals surface area (Å²) < 4.78 is 28.3. The van der Waals surface area contributed by atoms with E-state index in [4.69, 9.17) is 0 Å². The van der Waals surface area contributed by atoms with Crippen molar-refractivity contribution in [3.63, 3.8) is 0 Å². The van der Waals surface area contributed by atoms with Crippen LogP contribution >= 0.6 is 0 Å². The molecule has 7 rings (SSSR count). The van der Waals surface area contributed by atoms with Crippen LogP contribution in [0.15, 0.2) is 114 Å². The summed E-state index contributed by atoms with van der Waals surface area (Å²) in [5.74, 6) is -1.41. The molecule has 0 spiro atoms. The second-order valence-corrected chi connectivity index (χ2v) is 10.7. The molecule has 0 saturated heterocycles. The number of hydrogen-bond acceptors (Lipinski definition) is 9. The first-order chi connectivity index (χ1) is 24.1. The van der Waals surface area contributed by atoms with Crippen molar-refractivity contribution in [1.29, 1.82) is 0 Å². The molecule has 0 unspecified atom stereocenters. The van der Waals surface area contributed by atoms with Gasteiger partial charge in [-0.1, -0.05) is 48.5 Å². The number of aliphatic imine (C=N–C) groups is 1. The zero-order chi connectivity index (χ0) is 35.4. The highest BCUT2D eigenvalue weighted by Crippen LogP contribution is 2.23. The van der Waals surface area contributed by atoms with Crippen LogP contribution in [-0.4, -0.2) is 41.0 Å². The number of halogens is 2. The Kier molecular flexibility index (Phi) is 9.09. The van der Waals surface area contributed by atoms with Gasteiger partial charge in [-0.2, -0.15) is 15.2 Å². The van der Waals surface area contributed by atoms with E-state index in [1.807, 2.05) is 16.0 Å². The summed E-state index contributed by atoms with van der Waals surface area (Å²) in [4.78, 5) is 76.1. The Balaban J connectivity index is 0.000000178. The number of aromatic amines is 4. The number of benzene rings is 4. The fourth-order valence-electron chi connectivity index (χ4n) is 5.29. The van der Waals surface area contributed by atoms with Crippen molar-refractivity contribution in [2.75, 3.05) is 0 Å². The second kappa shape index (κ2) is 13.9. The molecule has 0 aliphatic rings. The molecule has 248 valence electrons. The number of nitrogens with one attached hydrogen (secondary N) is 4. The smallest absolute Gasteiger partial charge is 0.267 e. The predicted molar refractivity (Wildman–Crippen MR) is 178 cm³/mol. The van der Waals surface area contributed by atoms with Gasteiger partial charge in [-0.25, -0.2) is 42.7 Å². The van der Waals surface area contributed by atoms with E-state index >= 15 is 0 Å². The normalized spacial score (nSPS) is 10.8. The van der Waals surface area contributed by atoms with Gasteiger partial charge in [0.2, 0.25) is 6.08 Å². The summed E-state index contributed by atoms with van der Waals surface area (Å²) in [6.07, 6.45) is 1.91. The number of hydrogen-bond donors (Lipinski definition) is 4. The highest BCUT2D eigenvalue weighted by atomic mass is 19.1. The number of nitrogens with zero attached hydrogens (tertiary/aromatic N) is 4. The van der Waals surface area contributed by atoms with Gasteiger partial charge < -0.3 is 0 Å². The van der Waals surface area contributed by atoms with Gasteiger partial charge in [-0.05, 0) is 47.5 Å². The maximum atomic E-state index is 14.3. The summed E-state index contributed by atoms with van der Waals surface area (Å²) in [6.45, 7) is 0. The van der Waals surface area contributed by atoms with Gasteiger partial charge in [0.05, 0.1) is 27.8 Å². The van der Waals surface area contributed by atoms with Crippen LogP contribution in [0.3, 0.4) is 0 Å². The molecule has 0 amide bonds. The Bertz CT molecular complexity index is 2750. The molecule has 16 heteroatoms. The fourth-order valence-corrected chi connectivity index (χ4v) is 5.29. The molecule has 0 bridgehead atoms. The summed E-state index contributed by atoms with van der Waals surface area (Å²) >= 11 is 0. The molecule has 0 atom stereocenters. The molecule has 50 heavy (non-hydrogen) atoms. The van der Waals surface area contributed by atoms with E-state index in [1.165, 1.54) is 30.3 Å². The lowest BCUT2D eigenvalue weighted by atomic mass is 10.0. The first-order valence-electron chi connectivity index (χ1n) is 14.7. The van der Waals surface area contributed by atoms with E-state index in [0.717, 1.165) is 17.0 Å². The van der Waals surface area contributed by atoms with Crippen molar-refractivity contribution >= 4 is 33.3 Å². The van der Waals surface area contributed by atoms with Gasteiger partial charge in [0.1, 0.15) is 17.3 Å². The number of fused-ring (bicyclic) bond motifs is 2. The molecule has 14 nitrogen and oxygen atoms in total. The third-order valence-electron chi connectivity index (χ3n) is 7.57. The van der Waals surface area contributed by atoms with Gasteiger partial charge in [0.25, 0.3) is 11.1 Å². The van der Waals surface area contributed by atoms with Gasteiger partial charge in [-0.15, -0.1) is 0 Å². The van der Waals surface area contributed by atoms with Crippen LogP contribution in [0.5, 0.6) is 0 Å². The number of H-pyrrole nitrogens is 4. The van der Waals surface area contributed by atoms with E-state index in [-0.39, 0.29) is 28.9 Å². The lowest BCUT2D eigenvalue weighted by molar-refractivity contribution is 0.564. The summed E-state index contributed by atoms with van der Waals surface area (Å²) in [7, 11) is 0. The Morgan fingerprint density at radius 1 is 0.640 bits per heavy atom. The summed E-state index contributed by atoms with van der Waals surface area (Å²) in [6, 6.07) is 22.2. The van der Waals surface area contributed by atoms with Crippen molar-refractivity contribution in [3.05, 3.63) is 171 Å². The predicted octanol–water partition coefficient (Wildman–Crippen LogP) is 2.80. The minimum absolute atomic E-state index is 0.0683. The molecule has 3 aromatic heterocycles. The van der Waals surface area contributed by atoms with Gasteiger partial charge in [0, 0.05) is 23.6 Å². The first kappa shape index (κ1) is 32.7. The molecular weight excluding hydrogens is 654 g/mol. The van der Waals surface area contributed by atoms with Crippen molar-refractivity contribution in [3.8, 4) is 5.69 Å². The Hall–Kier alpha value is -7.19. The highest BCUT2D eigenvalue weighted by Gasteiger charge is 2.14. The maximum Gasteiger partial charge on any atom is 0.338 e. The molecule has 7 aromatic rings. The number of rotatable bonds is 6. The van der Waals surface area contributed by atoms with Gasteiger partial charge in [-0.3, -0.25) is 19.6 Å². The lowest BCUT2D eigenvalue weighted by Crippen LogP contribution is -2.42. The standard InChI is InChI=1S/C18H12FN5O4.C16H10FN3O2/c19-12-6-5-9(8-14(12)24-17(27)20-16(26)21-18(24)28)7-13-10-3-1-2-4-11(10)15(25)23-22-13;17-13-6-5-10(8-15(13)18-9-21)7-14-11-3-1-2-4-12(11)16(22)20-19-14/h1-6,8H,7H2,(H,23,25)(H2,20,21,26,27,28);1-6,8H,7H2,(H,20,22). The zero-order valence-electron chi connectivity index (χ0n) is 25.5. The molecule has 0 fully saturated rings. The van der Waals surface area contributed by atoms with Crippen LogP contribution in [0, 0.1) is 11.6 Å². The van der Waals surface area contributed by atoms with Crippen LogP contribution in [0.1, 0.15) is 22.5 Å². The average molecular weight is 677 g/mol. The van der Waals surface area contributed by atoms with Crippen molar-refractivity contribution in [2.45, 2.75) is 12.8 Å². The van der Waals surface area contributed by atoms with Crippen LogP contribution in [-0.2, 0) is 17.6 Å². The number of aromatic nitrogens is 7. The SMILES string of the molecule is O=C=Nc1cc(Cc2n[nH]c(=O)c3ccccc23)ccc1F.O=c1[nH]c(=O)n(-c2cc(Cc3n[nH]c(=O)c4ccccc34)ccc2F)c(=O)[nH]1. The number of carbonyl (C=O) groups excluding carboxylic acids is 1. The topological polar surface area (TPSA) is 209 Å². The van der Waals surface area contributed by atoms with Crippen LogP contribution < -0.4 is 28.2 Å². The Labute approximate surface area is 276 Å². The summed E-state index contributed by atoms with van der Waals surface area (Å²) in [5.41, 5.74) is -1.61. The van der Waals surface area contributed by atoms with E-state index in [2.05, 4.69) is 25.4 Å². The number of isocyanates is 1. The molecule has 4 N–H and O–H groups in total. The summed E-state index contributed by atoms with van der Waals surface area (Å²) in [5, 5.41) is 15.4. The highest BCUT2D eigenvalue weighted by molar-refractivity contribution is 5.84. The molecule has 0 aliphatic carbocycles. The van der Waals surface area contributed by atoms with E-state index < -0.39 is 28.7 Å². The second-order valence-electron chi connectivity index (χ2n) is 10.7. The average Bonchev–Trinajstić information content (AvgIpc) is 3.10. The van der Waals surface area contributed by atoms with Crippen molar-refractivity contribution in [1.82, 2.24) is 34.9 Å². The molecule has 0 radical (unpaired) electrons. The molecule has 0 saturated carbocycles. The quantitative estimate of drug-likeness (QED) is 0.152. The third-order valence-corrected chi connectivity index (χ3v) is 7.57. The third kappa shape index (κ3) is 6.76. The molecular formula is C34H22F2N8O6. The maximum absolute atomic E-state index is 14.3. The van der Waals surface area contributed by atoms with Crippen molar-refractivity contribution in [2.24, 2.45) is 4.99 Å². The van der Waals surface area contributed by atoms with Gasteiger partial charge >= 0.3 is 17.1 Å². The molecule has 0 aliphatic heterocycles. The minimum Gasteiger partial charge on any atom is -0.267 e. The van der Waals surface area contributed by atoms with Crippen molar-refractivity contribution < 1.29 is 13.6 Å². The minimum atomic E-state index is -1.06. The monoisotopic (exact) mass is 676 g/mol. The van der Waals surface area contributed by atoms with E-state index in [0.29, 0.717) is 44.1 Å². The van der Waals surface area contributed by atoms with E-state index in [9.17, 15) is 37.5 Å². The lowest BCUT2D eigenvalue weighted by Gasteiger charge is -2.09. The van der Waals surface area contributed by atoms with Gasteiger partial charge in [0.15, 0.2) is 0 Å². The molecule has 3 heterocycles. The van der Waals surface area contributed by atoms with Crippen LogP contribution in [0.25, 0.3) is 27.2 Å². The van der Waals surface area contributed by atoms with E-state index in [1.54, 1.807) is 48.5 Å². The zero-order valence-corrected chi connectivity index (χ0v) is 25.5. The first-order valence-corrected chi connectivity index (χ1v) is 14.7. The molecule has 4 aromatic carbocycles. The Morgan fingerprint density at radius 3 is 1.64 bits per heavy atom. The van der Waals surface area contributed by atoms with Crippen LogP contribution in [0.2, 0.25) is 0 Å². The Morgan fingerprint density at radius 2 is 1.12 bits per heavy atom.